The Balaban J connectivity index is 1.58. The summed E-state index contributed by atoms with van der Waals surface area (Å²) in [4.78, 5) is 29.8. The molecule has 0 bridgehead atoms. The smallest absolute Gasteiger partial charge is 0.337 e. The quantitative estimate of drug-likeness (QED) is 0.397. The number of carbonyl (C=O) groups excluding carboxylic acids is 1. The summed E-state index contributed by atoms with van der Waals surface area (Å²) in [5.74, 6) is 0.517. The molecule has 0 amide bonds. The van der Waals surface area contributed by atoms with Crippen molar-refractivity contribution in [2.24, 2.45) is 0 Å². The molecule has 0 unspecified atom stereocenters. The molecule has 0 saturated heterocycles. The third-order valence-electron chi connectivity index (χ3n) is 4.70. The average molecular weight is 437 g/mol. The van der Waals surface area contributed by atoms with Crippen molar-refractivity contribution in [3.05, 3.63) is 85.8 Å². The van der Waals surface area contributed by atoms with Gasteiger partial charge < -0.3 is 9.15 Å². The number of hydrogen-bond acceptors (Lipinski definition) is 6. The summed E-state index contributed by atoms with van der Waals surface area (Å²) in [6, 6.07) is 15.8. The van der Waals surface area contributed by atoms with Gasteiger partial charge in [-0.15, -0.1) is 0 Å². The summed E-state index contributed by atoms with van der Waals surface area (Å²) in [6.45, 7) is 0. The number of imidazole rings is 1. The Hall–Kier alpha value is -3.42. The first-order chi connectivity index (χ1) is 14.5. The van der Waals surface area contributed by atoms with Gasteiger partial charge in [-0.2, -0.15) is 0 Å². The van der Waals surface area contributed by atoms with Crippen LogP contribution in [0.25, 0.3) is 33.4 Å². The molecule has 2 aromatic carbocycles. The summed E-state index contributed by atoms with van der Waals surface area (Å²) in [6.07, 6.45) is 1.68. The molecule has 148 valence electrons. The second-order valence-electron chi connectivity index (χ2n) is 6.52. The number of benzene rings is 2. The molecule has 0 N–H and O–H groups in total. The van der Waals surface area contributed by atoms with Crippen molar-refractivity contribution in [2.45, 2.75) is 0 Å². The van der Waals surface area contributed by atoms with E-state index in [1.165, 1.54) is 18.4 Å². The van der Waals surface area contributed by atoms with Gasteiger partial charge in [0, 0.05) is 11.6 Å². The zero-order chi connectivity index (χ0) is 20.8. The molecule has 0 aliphatic carbocycles. The number of fused-ring (bicyclic) bond motifs is 3. The number of ether oxygens (including phenoxy) is 1. The summed E-state index contributed by atoms with van der Waals surface area (Å²) in [5.41, 5.74) is 2.35. The number of furan rings is 1. The van der Waals surface area contributed by atoms with E-state index in [9.17, 15) is 9.59 Å². The topological polar surface area (TPSA) is 73.8 Å². The lowest BCUT2D eigenvalue weighted by Gasteiger charge is -2.04. The standard InChI is InChI=1S/C22H13ClN2O4S/c1-28-21(27)12-6-8-15(23)14(10-12)18-9-7-13(29-18)11-19-20(26)25-17-5-3-2-4-16(17)24-22(25)30-19/h2-11H,1H3/b19-11-. The summed E-state index contributed by atoms with van der Waals surface area (Å²) < 4.78 is 12.8. The number of rotatable bonds is 3. The fraction of sp³-hybridized carbons (Fsp3) is 0.0455. The van der Waals surface area contributed by atoms with Crippen LogP contribution in [-0.2, 0) is 4.74 Å². The van der Waals surface area contributed by atoms with Crippen molar-refractivity contribution in [1.82, 2.24) is 9.38 Å². The van der Waals surface area contributed by atoms with Gasteiger partial charge in [-0.1, -0.05) is 35.1 Å². The predicted molar refractivity (Wildman–Crippen MR) is 116 cm³/mol. The van der Waals surface area contributed by atoms with Crippen LogP contribution >= 0.6 is 22.9 Å². The molecule has 0 aliphatic rings. The van der Waals surface area contributed by atoms with Gasteiger partial charge in [0.05, 0.1) is 28.7 Å². The lowest BCUT2D eigenvalue weighted by molar-refractivity contribution is 0.0601. The number of thiazole rings is 1. The maximum Gasteiger partial charge on any atom is 0.337 e. The number of esters is 1. The van der Waals surface area contributed by atoms with E-state index in [0.717, 1.165) is 11.0 Å². The van der Waals surface area contributed by atoms with Crippen LogP contribution in [0.1, 0.15) is 16.1 Å². The molecule has 3 heterocycles. The number of carbonyl (C=O) groups is 1. The summed E-state index contributed by atoms with van der Waals surface area (Å²) in [5, 5.41) is 0.439. The molecule has 0 radical (unpaired) electrons. The van der Waals surface area contributed by atoms with Crippen molar-refractivity contribution in [1.29, 1.82) is 0 Å². The van der Waals surface area contributed by atoms with Crippen LogP contribution in [0, 0.1) is 0 Å². The molecular weight excluding hydrogens is 424 g/mol. The molecule has 0 saturated carbocycles. The van der Waals surface area contributed by atoms with E-state index in [2.05, 4.69) is 4.98 Å². The molecule has 30 heavy (non-hydrogen) atoms. The van der Waals surface area contributed by atoms with Crippen LogP contribution in [0.3, 0.4) is 0 Å². The Morgan fingerprint density at radius 2 is 2.03 bits per heavy atom. The number of para-hydroxylation sites is 2. The predicted octanol–water partition coefficient (Wildman–Crippen LogP) is 4.16. The van der Waals surface area contributed by atoms with E-state index in [-0.39, 0.29) is 5.56 Å². The maximum absolute atomic E-state index is 12.9. The fourth-order valence-corrected chi connectivity index (χ4v) is 4.45. The minimum atomic E-state index is -0.462. The first-order valence-corrected chi connectivity index (χ1v) is 10.1. The third-order valence-corrected chi connectivity index (χ3v) is 6.00. The molecule has 6 nitrogen and oxygen atoms in total. The van der Waals surface area contributed by atoms with E-state index < -0.39 is 5.97 Å². The molecule has 3 aromatic heterocycles. The zero-order valence-electron chi connectivity index (χ0n) is 15.6. The van der Waals surface area contributed by atoms with Gasteiger partial charge in [-0.3, -0.25) is 4.79 Å². The highest BCUT2D eigenvalue weighted by molar-refractivity contribution is 7.15. The highest BCUT2D eigenvalue weighted by Gasteiger charge is 2.14. The number of hydrogen-bond donors (Lipinski definition) is 0. The van der Waals surface area contributed by atoms with E-state index in [4.69, 9.17) is 20.8 Å². The van der Waals surface area contributed by atoms with Gasteiger partial charge in [0.15, 0.2) is 4.96 Å². The SMILES string of the molecule is COC(=O)c1ccc(Cl)c(-c2ccc(/C=c3\sc4nc5ccccc5n4c3=O)o2)c1. The highest BCUT2D eigenvalue weighted by atomic mass is 35.5. The van der Waals surface area contributed by atoms with Gasteiger partial charge in [-0.25, -0.2) is 14.2 Å². The second kappa shape index (κ2) is 7.12. The van der Waals surface area contributed by atoms with Gasteiger partial charge in [0.1, 0.15) is 16.1 Å². The first kappa shape index (κ1) is 18.6. The average Bonchev–Trinajstić information content (AvgIpc) is 3.44. The van der Waals surface area contributed by atoms with Crippen LogP contribution in [0.5, 0.6) is 0 Å². The van der Waals surface area contributed by atoms with E-state index >= 15 is 0 Å². The molecule has 0 aliphatic heterocycles. The molecular formula is C22H13ClN2O4S. The minimum absolute atomic E-state index is 0.146. The number of methoxy groups -OCH3 is 1. The first-order valence-electron chi connectivity index (χ1n) is 8.95. The van der Waals surface area contributed by atoms with Crippen LogP contribution in [0.15, 0.2) is 63.8 Å². The van der Waals surface area contributed by atoms with E-state index in [0.29, 0.717) is 37.2 Å². The van der Waals surface area contributed by atoms with Gasteiger partial charge in [0.25, 0.3) is 5.56 Å². The Morgan fingerprint density at radius 1 is 1.20 bits per heavy atom. The molecule has 0 fully saturated rings. The molecule has 8 heteroatoms. The van der Waals surface area contributed by atoms with Crippen LogP contribution < -0.4 is 10.1 Å². The van der Waals surface area contributed by atoms with Crippen molar-refractivity contribution < 1.29 is 13.9 Å². The van der Waals surface area contributed by atoms with E-state index in [1.807, 2.05) is 24.3 Å². The fourth-order valence-electron chi connectivity index (χ4n) is 3.28. The second-order valence-corrected chi connectivity index (χ2v) is 7.94. The zero-order valence-corrected chi connectivity index (χ0v) is 17.2. The minimum Gasteiger partial charge on any atom is -0.465 e. The van der Waals surface area contributed by atoms with Gasteiger partial charge in [0.2, 0.25) is 0 Å². The monoisotopic (exact) mass is 436 g/mol. The van der Waals surface area contributed by atoms with Crippen molar-refractivity contribution >= 4 is 51.0 Å². The number of halogens is 1. The Labute approximate surface area is 178 Å². The molecule has 0 atom stereocenters. The van der Waals surface area contributed by atoms with Crippen molar-refractivity contribution in [2.75, 3.05) is 7.11 Å². The third kappa shape index (κ3) is 2.99. The van der Waals surface area contributed by atoms with Crippen molar-refractivity contribution in [3.8, 4) is 11.3 Å². The highest BCUT2D eigenvalue weighted by Crippen LogP contribution is 2.31. The van der Waals surface area contributed by atoms with Crippen LogP contribution in [0.2, 0.25) is 5.02 Å². The van der Waals surface area contributed by atoms with Gasteiger partial charge in [-0.05, 0) is 42.5 Å². The van der Waals surface area contributed by atoms with Crippen LogP contribution in [-0.4, -0.2) is 22.5 Å². The molecule has 5 aromatic rings. The van der Waals surface area contributed by atoms with Crippen LogP contribution in [0.4, 0.5) is 0 Å². The van der Waals surface area contributed by atoms with E-state index in [1.54, 1.807) is 40.8 Å². The maximum atomic E-state index is 12.9. The van der Waals surface area contributed by atoms with Gasteiger partial charge >= 0.3 is 5.97 Å². The Kier molecular flexibility index (Phi) is 4.42. The number of nitrogens with zero attached hydrogens (tertiary/aromatic N) is 2. The Morgan fingerprint density at radius 3 is 2.87 bits per heavy atom. The Bertz CT molecular complexity index is 1550. The normalized spacial score (nSPS) is 12.1. The summed E-state index contributed by atoms with van der Waals surface area (Å²) >= 11 is 7.58. The molecule has 5 rings (SSSR count). The number of aromatic nitrogens is 2. The summed E-state index contributed by atoms with van der Waals surface area (Å²) in [7, 11) is 1.32. The van der Waals surface area contributed by atoms with Crippen molar-refractivity contribution in [3.63, 3.8) is 0 Å². The largest absolute Gasteiger partial charge is 0.465 e. The lowest BCUT2D eigenvalue weighted by Crippen LogP contribution is -2.22. The molecule has 0 spiro atoms. The lowest BCUT2D eigenvalue weighted by atomic mass is 10.1.